The Morgan fingerprint density at radius 3 is 2.72 bits per heavy atom. The van der Waals surface area contributed by atoms with E-state index in [2.05, 4.69) is 12.2 Å². The van der Waals surface area contributed by atoms with E-state index < -0.39 is 0 Å². The Morgan fingerprint density at radius 2 is 2.06 bits per heavy atom. The maximum Gasteiger partial charge on any atom is 0.0593 e. The zero-order valence-electron chi connectivity index (χ0n) is 11.9. The molecule has 2 unspecified atom stereocenters. The van der Waals surface area contributed by atoms with Crippen LogP contribution in [-0.2, 0) is 4.74 Å². The van der Waals surface area contributed by atoms with Crippen LogP contribution in [0.3, 0.4) is 0 Å². The van der Waals surface area contributed by atoms with Crippen molar-refractivity contribution >= 4 is 0 Å². The summed E-state index contributed by atoms with van der Waals surface area (Å²) in [5.74, 6) is 0. The normalized spacial score (nSPS) is 34.7. The predicted octanol–water partition coefficient (Wildman–Crippen LogP) is 2.59. The standard InChI is InChI=1S/C15H30N2O/c1-2-6-14-11-15(12-16,9-10-18-14)17-13-7-4-3-5-8-13/h13-14,17H,2-12,16H2,1H3. The van der Waals surface area contributed by atoms with Gasteiger partial charge in [-0.25, -0.2) is 0 Å². The Hall–Kier alpha value is -0.120. The first-order chi connectivity index (χ1) is 8.78. The summed E-state index contributed by atoms with van der Waals surface area (Å²) in [5, 5.41) is 3.90. The molecule has 1 aliphatic heterocycles. The van der Waals surface area contributed by atoms with Gasteiger partial charge in [-0.05, 0) is 32.1 Å². The van der Waals surface area contributed by atoms with Gasteiger partial charge in [-0.3, -0.25) is 0 Å². The summed E-state index contributed by atoms with van der Waals surface area (Å²) in [5.41, 5.74) is 6.25. The minimum Gasteiger partial charge on any atom is -0.378 e. The quantitative estimate of drug-likeness (QED) is 0.793. The first kappa shape index (κ1) is 14.3. The van der Waals surface area contributed by atoms with Gasteiger partial charge in [0.25, 0.3) is 0 Å². The number of hydrogen-bond donors (Lipinski definition) is 2. The van der Waals surface area contributed by atoms with Crippen molar-refractivity contribution in [2.75, 3.05) is 13.2 Å². The van der Waals surface area contributed by atoms with Crippen molar-refractivity contribution in [1.29, 1.82) is 0 Å². The van der Waals surface area contributed by atoms with Crippen LogP contribution in [0.15, 0.2) is 0 Å². The van der Waals surface area contributed by atoms with Gasteiger partial charge in [0.1, 0.15) is 0 Å². The average Bonchev–Trinajstić information content (AvgIpc) is 2.41. The predicted molar refractivity (Wildman–Crippen MR) is 75.7 cm³/mol. The Bertz CT molecular complexity index is 239. The maximum absolute atomic E-state index is 6.10. The molecule has 0 bridgehead atoms. The van der Waals surface area contributed by atoms with E-state index in [1.54, 1.807) is 0 Å². The summed E-state index contributed by atoms with van der Waals surface area (Å²) < 4.78 is 5.87. The number of ether oxygens (including phenoxy) is 1. The lowest BCUT2D eigenvalue weighted by molar-refractivity contribution is -0.0346. The molecule has 2 aliphatic rings. The molecule has 1 saturated carbocycles. The molecule has 3 nitrogen and oxygen atoms in total. The fourth-order valence-corrected chi connectivity index (χ4v) is 3.58. The Balaban J connectivity index is 1.91. The van der Waals surface area contributed by atoms with Crippen molar-refractivity contribution < 1.29 is 4.74 Å². The SMILES string of the molecule is CCCC1CC(CN)(NC2CCCCC2)CCO1. The van der Waals surface area contributed by atoms with Gasteiger partial charge in [0.2, 0.25) is 0 Å². The van der Waals surface area contributed by atoms with E-state index in [0.29, 0.717) is 12.1 Å². The van der Waals surface area contributed by atoms with Gasteiger partial charge in [0.05, 0.1) is 6.10 Å². The number of rotatable bonds is 5. The van der Waals surface area contributed by atoms with Gasteiger partial charge in [0.15, 0.2) is 0 Å². The molecule has 3 heteroatoms. The molecule has 1 saturated heterocycles. The minimum atomic E-state index is 0.153. The first-order valence-electron chi connectivity index (χ1n) is 7.87. The molecule has 18 heavy (non-hydrogen) atoms. The van der Waals surface area contributed by atoms with E-state index in [1.165, 1.54) is 44.9 Å². The molecular formula is C15H30N2O. The largest absolute Gasteiger partial charge is 0.378 e. The van der Waals surface area contributed by atoms with Crippen LogP contribution in [0.2, 0.25) is 0 Å². The summed E-state index contributed by atoms with van der Waals surface area (Å²) in [6, 6.07) is 0.697. The highest BCUT2D eigenvalue weighted by Crippen LogP contribution is 2.29. The highest BCUT2D eigenvalue weighted by molar-refractivity contribution is 4.96. The van der Waals surface area contributed by atoms with E-state index in [1.807, 2.05) is 0 Å². The summed E-state index contributed by atoms with van der Waals surface area (Å²) >= 11 is 0. The van der Waals surface area contributed by atoms with Gasteiger partial charge in [-0.1, -0.05) is 32.6 Å². The average molecular weight is 254 g/mol. The summed E-state index contributed by atoms with van der Waals surface area (Å²) in [6.45, 7) is 3.87. The third-order valence-electron chi connectivity index (χ3n) is 4.67. The van der Waals surface area contributed by atoms with Crippen molar-refractivity contribution in [3.05, 3.63) is 0 Å². The molecule has 2 atom stereocenters. The van der Waals surface area contributed by atoms with Crippen molar-refractivity contribution in [2.45, 2.75) is 82.4 Å². The topological polar surface area (TPSA) is 47.3 Å². The minimum absolute atomic E-state index is 0.153. The summed E-state index contributed by atoms with van der Waals surface area (Å²) in [6.07, 6.45) is 11.8. The molecule has 1 heterocycles. The zero-order valence-corrected chi connectivity index (χ0v) is 11.9. The van der Waals surface area contributed by atoms with Crippen LogP contribution in [0, 0.1) is 0 Å². The van der Waals surface area contributed by atoms with Gasteiger partial charge >= 0.3 is 0 Å². The second-order valence-electron chi connectivity index (χ2n) is 6.20. The molecular weight excluding hydrogens is 224 g/mol. The highest BCUT2D eigenvalue weighted by Gasteiger charge is 2.37. The fourth-order valence-electron chi connectivity index (χ4n) is 3.58. The van der Waals surface area contributed by atoms with E-state index in [4.69, 9.17) is 10.5 Å². The molecule has 0 aromatic heterocycles. The molecule has 0 amide bonds. The molecule has 0 radical (unpaired) electrons. The first-order valence-corrected chi connectivity index (χ1v) is 7.87. The van der Waals surface area contributed by atoms with Crippen LogP contribution in [0.25, 0.3) is 0 Å². The molecule has 2 fully saturated rings. The van der Waals surface area contributed by atoms with Gasteiger partial charge in [-0.15, -0.1) is 0 Å². The Kier molecular flexibility index (Phi) is 5.46. The van der Waals surface area contributed by atoms with Crippen LogP contribution in [0.1, 0.15) is 64.7 Å². The van der Waals surface area contributed by atoms with Crippen LogP contribution in [0.5, 0.6) is 0 Å². The smallest absolute Gasteiger partial charge is 0.0593 e. The summed E-state index contributed by atoms with van der Waals surface area (Å²) in [4.78, 5) is 0. The van der Waals surface area contributed by atoms with E-state index in [0.717, 1.165) is 26.0 Å². The molecule has 2 rings (SSSR count). The second-order valence-corrected chi connectivity index (χ2v) is 6.20. The van der Waals surface area contributed by atoms with Gasteiger partial charge < -0.3 is 15.8 Å². The van der Waals surface area contributed by atoms with E-state index in [-0.39, 0.29) is 5.54 Å². The molecule has 106 valence electrons. The number of nitrogens with two attached hydrogens (primary N) is 1. The van der Waals surface area contributed by atoms with Crippen molar-refractivity contribution in [2.24, 2.45) is 5.73 Å². The van der Waals surface area contributed by atoms with Gasteiger partial charge in [0, 0.05) is 24.7 Å². The number of nitrogens with one attached hydrogen (secondary N) is 1. The molecule has 0 spiro atoms. The molecule has 0 aromatic carbocycles. The maximum atomic E-state index is 6.10. The van der Waals surface area contributed by atoms with Gasteiger partial charge in [-0.2, -0.15) is 0 Å². The lowest BCUT2D eigenvalue weighted by atomic mass is 9.83. The third kappa shape index (κ3) is 3.69. The second kappa shape index (κ2) is 6.88. The molecule has 0 aromatic rings. The zero-order chi connectivity index (χ0) is 12.8. The van der Waals surface area contributed by atoms with Crippen molar-refractivity contribution in [3.8, 4) is 0 Å². The van der Waals surface area contributed by atoms with Crippen LogP contribution in [0.4, 0.5) is 0 Å². The summed E-state index contributed by atoms with van der Waals surface area (Å²) in [7, 11) is 0. The lowest BCUT2D eigenvalue weighted by Gasteiger charge is -2.44. The molecule has 3 N–H and O–H groups in total. The van der Waals surface area contributed by atoms with Crippen LogP contribution in [-0.4, -0.2) is 30.8 Å². The highest BCUT2D eigenvalue weighted by atomic mass is 16.5. The fraction of sp³-hybridized carbons (Fsp3) is 1.00. The monoisotopic (exact) mass is 254 g/mol. The Labute approximate surface area is 112 Å². The van der Waals surface area contributed by atoms with Crippen molar-refractivity contribution in [1.82, 2.24) is 5.32 Å². The van der Waals surface area contributed by atoms with E-state index >= 15 is 0 Å². The van der Waals surface area contributed by atoms with Crippen molar-refractivity contribution in [3.63, 3.8) is 0 Å². The van der Waals surface area contributed by atoms with Crippen LogP contribution < -0.4 is 11.1 Å². The van der Waals surface area contributed by atoms with E-state index in [9.17, 15) is 0 Å². The Morgan fingerprint density at radius 1 is 1.28 bits per heavy atom. The number of hydrogen-bond acceptors (Lipinski definition) is 3. The van der Waals surface area contributed by atoms with Crippen LogP contribution >= 0.6 is 0 Å². The third-order valence-corrected chi connectivity index (χ3v) is 4.67. The lowest BCUT2D eigenvalue weighted by Crippen LogP contribution is -2.59. The molecule has 1 aliphatic carbocycles.